The normalized spacial score (nSPS) is 12.3. The minimum absolute atomic E-state index is 0.117. The molecule has 0 fully saturated rings. The van der Waals surface area contributed by atoms with Crippen LogP contribution in [-0.2, 0) is 10.7 Å². The van der Waals surface area contributed by atoms with Crippen molar-refractivity contribution in [2.45, 2.75) is 12.2 Å². The molecule has 2 aromatic carbocycles. The molecule has 0 bridgehead atoms. The Labute approximate surface area is 125 Å². The summed E-state index contributed by atoms with van der Waals surface area (Å²) in [7, 11) is -2.75. The summed E-state index contributed by atoms with van der Waals surface area (Å²) in [6, 6.07) is 13.5. The monoisotopic (exact) mass is 304 g/mol. The van der Waals surface area contributed by atoms with Crippen molar-refractivity contribution in [1.29, 1.82) is 0 Å². The van der Waals surface area contributed by atoms with E-state index < -0.39 is 22.6 Å². The van der Waals surface area contributed by atoms with Crippen molar-refractivity contribution in [2.24, 2.45) is 0 Å². The number of hydrogen-bond acceptors (Lipinski definition) is 4. The maximum Gasteiger partial charge on any atom is 0.193 e. The Morgan fingerprint density at radius 3 is 1.90 bits per heavy atom. The van der Waals surface area contributed by atoms with Crippen LogP contribution in [0.5, 0.6) is 0 Å². The first kappa shape index (κ1) is 15.4. The van der Waals surface area contributed by atoms with Gasteiger partial charge in [-0.15, -0.1) is 0 Å². The summed E-state index contributed by atoms with van der Waals surface area (Å²) in [6.07, 6.45) is 0. The Hall–Kier alpha value is -1.98. The predicted octanol–water partition coefficient (Wildman–Crippen LogP) is 1.87. The van der Waals surface area contributed by atoms with Gasteiger partial charge in [-0.3, -0.25) is 4.79 Å². The Balaban J connectivity index is 2.26. The second-order valence-electron chi connectivity index (χ2n) is 4.80. The van der Waals surface area contributed by atoms with Gasteiger partial charge in [-0.1, -0.05) is 54.1 Å². The van der Waals surface area contributed by atoms with Crippen LogP contribution < -0.4 is 0 Å². The highest BCUT2D eigenvalue weighted by Gasteiger charge is 2.14. The van der Waals surface area contributed by atoms with Crippen LogP contribution in [0.4, 0.5) is 0 Å². The molecule has 4 nitrogen and oxygen atoms in total. The first-order valence-corrected chi connectivity index (χ1v) is 7.73. The molecule has 1 unspecified atom stereocenters. The molecular weight excluding hydrogens is 288 g/mol. The first-order chi connectivity index (χ1) is 10.0. The standard InChI is InChI=1S/C16H16O4S/c1-11-2-4-13(5-3-11)16(18)14-8-6-12(7-9-14)15(10-17)21(19)20/h2-9,15,17,21H,10H2,1H3. The van der Waals surface area contributed by atoms with Gasteiger partial charge in [0.25, 0.3) is 0 Å². The number of benzene rings is 2. The molecular formula is C16H16O4S. The Morgan fingerprint density at radius 1 is 1.00 bits per heavy atom. The van der Waals surface area contributed by atoms with Crippen molar-refractivity contribution in [2.75, 3.05) is 6.61 Å². The van der Waals surface area contributed by atoms with Crippen molar-refractivity contribution in [1.82, 2.24) is 0 Å². The van der Waals surface area contributed by atoms with Crippen molar-refractivity contribution >= 4 is 16.5 Å². The number of ketones is 1. The SMILES string of the molecule is Cc1ccc(C(=O)c2ccc(C(CO)[SH](=O)=O)cc2)cc1. The molecule has 0 saturated carbocycles. The molecule has 2 rings (SSSR count). The molecule has 2 aromatic rings. The highest BCUT2D eigenvalue weighted by Crippen LogP contribution is 2.18. The summed E-state index contributed by atoms with van der Waals surface area (Å²) in [5.74, 6) is -0.117. The van der Waals surface area contributed by atoms with Gasteiger partial charge in [-0.05, 0) is 12.5 Å². The zero-order valence-electron chi connectivity index (χ0n) is 11.5. The average Bonchev–Trinajstić information content (AvgIpc) is 2.48. The van der Waals surface area contributed by atoms with E-state index in [9.17, 15) is 13.2 Å². The van der Waals surface area contributed by atoms with E-state index in [0.29, 0.717) is 16.7 Å². The van der Waals surface area contributed by atoms with Crippen molar-refractivity contribution in [3.05, 3.63) is 70.8 Å². The first-order valence-electron chi connectivity index (χ1n) is 6.48. The lowest BCUT2D eigenvalue weighted by molar-refractivity contribution is 0.103. The molecule has 1 atom stereocenters. The molecule has 110 valence electrons. The highest BCUT2D eigenvalue weighted by molar-refractivity contribution is 7.72. The fourth-order valence-corrected chi connectivity index (χ4v) is 2.57. The molecule has 1 N–H and O–H groups in total. The molecule has 0 spiro atoms. The molecule has 0 saturated heterocycles. The van der Waals surface area contributed by atoms with E-state index in [-0.39, 0.29) is 5.78 Å². The molecule has 0 aliphatic heterocycles. The minimum atomic E-state index is -2.75. The molecule has 0 aromatic heterocycles. The summed E-state index contributed by atoms with van der Waals surface area (Å²) in [6.45, 7) is 1.48. The topological polar surface area (TPSA) is 71.4 Å². The summed E-state index contributed by atoms with van der Waals surface area (Å²) in [4.78, 5) is 12.3. The second kappa shape index (κ2) is 6.65. The lowest BCUT2D eigenvalue weighted by atomic mass is 10.0. The van der Waals surface area contributed by atoms with E-state index in [1.807, 2.05) is 19.1 Å². The Bertz CT molecular complexity index is 692. The third-order valence-electron chi connectivity index (χ3n) is 3.30. The van der Waals surface area contributed by atoms with Gasteiger partial charge in [0.15, 0.2) is 5.78 Å². The number of rotatable bonds is 5. The molecule has 0 aliphatic carbocycles. The van der Waals surface area contributed by atoms with Crippen LogP contribution in [0.25, 0.3) is 0 Å². The van der Waals surface area contributed by atoms with Gasteiger partial charge in [0.1, 0.15) is 16.0 Å². The van der Waals surface area contributed by atoms with Crippen LogP contribution in [0.3, 0.4) is 0 Å². The maximum absolute atomic E-state index is 12.3. The smallest absolute Gasteiger partial charge is 0.193 e. The van der Waals surface area contributed by atoms with Crippen LogP contribution in [0, 0.1) is 6.92 Å². The van der Waals surface area contributed by atoms with Crippen LogP contribution in [0.2, 0.25) is 0 Å². The van der Waals surface area contributed by atoms with Crippen LogP contribution in [-0.4, -0.2) is 25.9 Å². The zero-order valence-corrected chi connectivity index (χ0v) is 12.4. The van der Waals surface area contributed by atoms with E-state index in [0.717, 1.165) is 5.56 Å². The Morgan fingerprint density at radius 2 is 1.48 bits per heavy atom. The molecule has 0 amide bonds. The number of thiol groups is 1. The number of aryl methyl sites for hydroxylation is 1. The molecule has 5 heteroatoms. The predicted molar refractivity (Wildman–Crippen MR) is 81.2 cm³/mol. The van der Waals surface area contributed by atoms with Gasteiger partial charge in [0.05, 0.1) is 6.61 Å². The van der Waals surface area contributed by atoms with Crippen molar-refractivity contribution in [3.8, 4) is 0 Å². The minimum Gasteiger partial charge on any atom is -0.395 e. The average molecular weight is 304 g/mol. The van der Waals surface area contributed by atoms with E-state index in [2.05, 4.69) is 0 Å². The summed E-state index contributed by atoms with van der Waals surface area (Å²) < 4.78 is 22.0. The van der Waals surface area contributed by atoms with Crippen LogP contribution >= 0.6 is 0 Å². The third-order valence-corrected chi connectivity index (χ3v) is 4.27. The van der Waals surface area contributed by atoms with E-state index in [1.165, 1.54) is 0 Å². The van der Waals surface area contributed by atoms with E-state index >= 15 is 0 Å². The van der Waals surface area contributed by atoms with Gasteiger partial charge in [-0.2, -0.15) is 0 Å². The van der Waals surface area contributed by atoms with E-state index in [4.69, 9.17) is 5.11 Å². The molecule has 0 radical (unpaired) electrons. The fraction of sp³-hybridized carbons (Fsp3) is 0.188. The second-order valence-corrected chi connectivity index (χ2v) is 5.99. The Kier molecular flexibility index (Phi) is 4.88. The van der Waals surface area contributed by atoms with Gasteiger partial charge in [0.2, 0.25) is 0 Å². The maximum atomic E-state index is 12.3. The van der Waals surface area contributed by atoms with Gasteiger partial charge < -0.3 is 5.11 Å². The van der Waals surface area contributed by atoms with Gasteiger partial charge >= 0.3 is 0 Å². The van der Waals surface area contributed by atoms with E-state index in [1.54, 1.807) is 36.4 Å². The largest absolute Gasteiger partial charge is 0.395 e. The number of carbonyl (C=O) groups is 1. The van der Waals surface area contributed by atoms with Gasteiger partial charge in [-0.25, -0.2) is 8.42 Å². The number of carbonyl (C=O) groups excluding carboxylic acids is 1. The lowest BCUT2D eigenvalue weighted by Crippen LogP contribution is -2.07. The van der Waals surface area contributed by atoms with Crippen LogP contribution in [0.1, 0.15) is 32.3 Å². The molecule has 0 heterocycles. The lowest BCUT2D eigenvalue weighted by Gasteiger charge is -2.08. The molecule has 0 aliphatic rings. The van der Waals surface area contributed by atoms with Gasteiger partial charge in [0, 0.05) is 11.1 Å². The number of aliphatic hydroxyl groups excluding tert-OH is 1. The summed E-state index contributed by atoms with van der Waals surface area (Å²) in [5.41, 5.74) is 2.63. The van der Waals surface area contributed by atoms with Crippen LogP contribution in [0.15, 0.2) is 48.5 Å². The molecule has 21 heavy (non-hydrogen) atoms. The number of hydrogen-bond donors (Lipinski definition) is 2. The zero-order chi connectivity index (χ0) is 15.4. The summed E-state index contributed by atoms with van der Waals surface area (Å²) in [5, 5.41) is 8.15. The van der Waals surface area contributed by atoms with Crippen molar-refractivity contribution < 1.29 is 18.3 Å². The third kappa shape index (κ3) is 3.56. The van der Waals surface area contributed by atoms with Crippen molar-refractivity contribution in [3.63, 3.8) is 0 Å². The fourth-order valence-electron chi connectivity index (χ4n) is 2.02. The quantitative estimate of drug-likeness (QED) is 0.653. The summed E-state index contributed by atoms with van der Waals surface area (Å²) >= 11 is 0. The highest BCUT2D eigenvalue weighted by atomic mass is 32.2. The number of aliphatic hydroxyl groups is 1.